The molecule has 4 rings (SSSR count). The van der Waals surface area contributed by atoms with Gasteiger partial charge in [-0.05, 0) is 72.9 Å². The standard InChI is InChI=1S/C20H22N2O4S/c1-26-15-7-4-8-16(12-15)27(24,25)22-20(23)21-19-17-9-2-5-13(17)11-14-6-3-10-18(14)19/h4,7-8,11-12H,2-3,5-6,9-10H2,1H3,(H2,21,22,23). The normalized spacial score (nSPS) is 15.1. The van der Waals surface area contributed by atoms with E-state index in [0.29, 0.717) is 5.75 Å². The van der Waals surface area contributed by atoms with Crippen molar-refractivity contribution in [2.75, 3.05) is 12.4 Å². The molecule has 2 aliphatic carbocycles. The van der Waals surface area contributed by atoms with Crippen molar-refractivity contribution in [1.82, 2.24) is 4.72 Å². The Morgan fingerprint density at radius 1 is 1.00 bits per heavy atom. The number of methoxy groups -OCH3 is 1. The molecule has 0 saturated carbocycles. The maximum absolute atomic E-state index is 12.5. The number of carbonyl (C=O) groups excluding carboxylic acids is 1. The van der Waals surface area contributed by atoms with Gasteiger partial charge < -0.3 is 10.1 Å². The molecule has 7 heteroatoms. The average molecular weight is 386 g/mol. The predicted molar refractivity (Wildman–Crippen MR) is 103 cm³/mol. The third-order valence-corrected chi connectivity index (χ3v) is 6.62. The zero-order valence-corrected chi connectivity index (χ0v) is 16.0. The van der Waals surface area contributed by atoms with Crippen LogP contribution < -0.4 is 14.8 Å². The van der Waals surface area contributed by atoms with Crippen molar-refractivity contribution in [3.63, 3.8) is 0 Å². The quantitative estimate of drug-likeness (QED) is 0.845. The monoisotopic (exact) mass is 386 g/mol. The molecule has 0 fully saturated rings. The van der Waals surface area contributed by atoms with Gasteiger partial charge in [0, 0.05) is 11.8 Å². The SMILES string of the molecule is COc1cccc(S(=O)(=O)NC(=O)Nc2c3c(cc4c2CCC4)CCC3)c1. The second kappa shape index (κ2) is 6.88. The first-order valence-electron chi connectivity index (χ1n) is 9.12. The number of sulfonamides is 1. The van der Waals surface area contributed by atoms with E-state index in [4.69, 9.17) is 4.74 Å². The average Bonchev–Trinajstić information content (AvgIpc) is 3.30. The number of rotatable bonds is 4. The molecule has 0 aliphatic heterocycles. The second-order valence-electron chi connectivity index (χ2n) is 6.97. The van der Waals surface area contributed by atoms with Gasteiger partial charge >= 0.3 is 6.03 Å². The molecule has 2 aliphatic rings. The first kappa shape index (κ1) is 17.9. The predicted octanol–water partition coefficient (Wildman–Crippen LogP) is 3.18. The van der Waals surface area contributed by atoms with E-state index in [1.807, 2.05) is 0 Å². The number of aryl methyl sites for hydroxylation is 2. The number of anilines is 1. The topological polar surface area (TPSA) is 84.5 Å². The van der Waals surface area contributed by atoms with Gasteiger partial charge in [-0.3, -0.25) is 0 Å². The summed E-state index contributed by atoms with van der Waals surface area (Å²) in [6, 6.07) is 7.56. The summed E-state index contributed by atoms with van der Waals surface area (Å²) in [6.45, 7) is 0. The zero-order chi connectivity index (χ0) is 19.0. The number of benzene rings is 2. The minimum Gasteiger partial charge on any atom is -0.497 e. The van der Waals surface area contributed by atoms with Crippen LogP contribution in [0.2, 0.25) is 0 Å². The molecule has 27 heavy (non-hydrogen) atoms. The van der Waals surface area contributed by atoms with Gasteiger partial charge in [0.1, 0.15) is 5.75 Å². The van der Waals surface area contributed by atoms with Crippen LogP contribution in [0.25, 0.3) is 0 Å². The van der Waals surface area contributed by atoms with E-state index in [9.17, 15) is 13.2 Å². The summed E-state index contributed by atoms with van der Waals surface area (Å²) in [7, 11) is -2.52. The first-order valence-corrected chi connectivity index (χ1v) is 10.6. The highest BCUT2D eigenvalue weighted by Gasteiger charge is 2.26. The third-order valence-electron chi connectivity index (χ3n) is 5.29. The molecule has 0 atom stereocenters. The summed E-state index contributed by atoms with van der Waals surface area (Å²) in [5, 5.41) is 2.84. The lowest BCUT2D eigenvalue weighted by Crippen LogP contribution is -2.35. The van der Waals surface area contributed by atoms with Crippen LogP contribution in [-0.4, -0.2) is 21.6 Å². The van der Waals surface area contributed by atoms with Gasteiger partial charge in [0.15, 0.2) is 0 Å². The van der Waals surface area contributed by atoms with Crippen LogP contribution in [0.15, 0.2) is 35.2 Å². The molecule has 2 N–H and O–H groups in total. The molecule has 0 radical (unpaired) electrons. The van der Waals surface area contributed by atoms with Gasteiger partial charge in [0.25, 0.3) is 10.0 Å². The molecule has 0 bridgehead atoms. The van der Waals surface area contributed by atoms with Crippen LogP contribution in [0.3, 0.4) is 0 Å². The molecule has 0 unspecified atom stereocenters. The molecule has 142 valence electrons. The summed E-state index contributed by atoms with van der Waals surface area (Å²) in [6.07, 6.45) is 6.00. The Kier molecular flexibility index (Phi) is 4.55. The number of ether oxygens (including phenoxy) is 1. The summed E-state index contributed by atoms with van der Waals surface area (Å²) >= 11 is 0. The summed E-state index contributed by atoms with van der Waals surface area (Å²) < 4.78 is 32.3. The van der Waals surface area contributed by atoms with Crippen LogP contribution in [0.1, 0.15) is 35.1 Å². The fourth-order valence-electron chi connectivity index (χ4n) is 4.06. The summed E-state index contributed by atoms with van der Waals surface area (Å²) in [5.74, 6) is 0.414. The number of amides is 2. The van der Waals surface area contributed by atoms with Crippen molar-refractivity contribution in [2.24, 2.45) is 0 Å². The van der Waals surface area contributed by atoms with E-state index >= 15 is 0 Å². The van der Waals surface area contributed by atoms with Crippen molar-refractivity contribution in [3.05, 3.63) is 52.6 Å². The summed E-state index contributed by atoms with van der Waals surface area (Å²) in [5.41, 5.74) is 5.69. The number of nitrogens with one attached hydrogen (secondary N) is 2. The fourth-order valence-corrected chi connectivity index (χ4v) is 5.00. The van der Waals surface area contributed by atoms with E-state index in [1.54, 1.807) is 12.1 Å². The van der Waals surface area contributed by atoms with Gasteiger partial charge in [0.2, 0.25) is 0 Å². The van der Waals surface area contributed by atoms with Crippen molar-refractivity contribution < 1.29 is 17.9 Å². The van der Waals surface area contributed by atoms with Crippen molar-refractivity contribution >= 4 is 21.7 Å². The number of hydrogen-bond acceptors (Lipinski definition) is 4. The second-order valence-corrected chi connectivity index (χ2v) is 8.66. The molecular formula is C20H22N2O4S. The lowest BCUT2D eigenvalue weighted by molar-refractivity contribution is 0.256. The Bertz CT molecular complexity index is 983. The van der Waals surface area contributed by atoms with Gasteiger partial charge in [-0.1, -0.05) is 12.1 Å². The van der Waals surface area contributed by atoms with E-state index < -0.39 is 16.1 Å². The Morgan fingerprint density at radius 2 is 1.67 bits per heavy atom. The minimum atomic E-state index is -3.98. The highest BCUT2D eigenvalue weighted by Crippen LogP contribution is 2.38. The highest BCUT2D eigenvalue weighted by molar-refractivity contribution is 7.90. The van der Waals surface area contributed by atoms with Crippen LogP contribution in [-0.2, 0) is 35.7 Å². The largest absolute Gasteiger partial charge is 0.497 e. The minimum absolute atomic E-state index is 0.0134. The number of carbonyl (C=O) groups is 1. The first-order chi connectivity index (χ1) is 13.0. The van der Waals surface area contributed by atoms with Crippen molar-refractivity contribution in [1.29, 1.82) is 0 Å². The lowest BCUT2D eigenvalue weighted by Gasteiger charge is -2.16. The molecule has 0 heterocycles. The molecule has 0 saturated heterocycles. The molecule has 2 amide bonds. The van der Waals surface area contributed by atoms with Crippen LogP contribution in [0.5, 0.6) is 5.75 Å². The maximum atomic E-state index is 12.5. The lowest BCUT2D eigenvalue weighted by atomic mass is 9.99. The molecule has 2 aromatic carbocycles. The maximum Gasteiger partial charge on any atom is 0.333 e. The Hall–Kier alpha value is -2.54. The fraction of sp³-hybridized carbons (Fsp3) is 0.350. The Morgan fingerprint density at radius 3 is 2.30 bits per heavy atom. The third kappa shape index (κ3) is 3.39. The smallest absolute Gasteiger partial charge is 0.333 e. The van der Waals surface area contributed by atoms with Gasteiger partial charge in [-0.25, -0.2) is 17.9 Å². The van der Waals surface area contributed by atoms with Crippen LogP contribution >= 0.6 is 0 Å². The molecule has 0 aromatic heterocycles. The Labute approximate surface area is 159 Å². The van der Waals surface area contributed by atoms with Crippen LogP contribution in [0, 0.1) is 0 Å². The number of urea groups is 1. The zero-order valence-electron chi connectivity index (χ0n) is 15.2. The van der Waals surface area contributed by atoms with Gasteiger partial charge in [-0.15, -0.1) is 0 Å². The van der Waals surface area contributed by atoms with E-state index in [-0.39, 0.29) is 4.90 Å². The van der Waals surface area contributed by atoms with E-state index in [2.05, 4.69) is 16.1 Å². The number of fused-ring (bicyclic) bond motifs is 2. The molecular weight excluding hydrogens is 364 g/mol. The van der Waals surface area contributed by atoms with Gasteiger partial charge in [0.05, 0.1) is 12.0 Å². The van der Waals surface area contributed by atoms with Crippen molar-refractivity contribution in [2.45, 2.75) is 43.4 Å². The van der Waals surface area contributed by atoms with Crippen LogP contribution in [0.4, 0.5) is 10.5 Å². The summed E-state index contributed by atoms with van der Waals surface area (Å²) in [4.78, 5) is 12.5. The molecule has 0 spiro atoms. The highest BCUT2D eigenvalue weighted by atomic mass is 32.2. The Balaban J connectivity index is 1.59. The number of hydrogen-bond donors (Lipinski definition) is 2. The van der Waals surface area contributed by atoms with E-state index in [1.165, 1.54) is 30.4 Å². The van der Waals surface area contributed by atoms with Crippen molar-refractivity contribution in [3.8, 4) is 5.75 Å². The molecule has 6 nitrogen and oxygen atoms in total. The molecule has 2 aromatic rings. The van der Waals surface area contributed by atoms with E-state index in [0.717, 1.165) is 55.3 Å². The van der Waals surface area contributed by atoms with Gasteiger partial charge in [-0.2, -0.15) is 0 Å².